The Kier molecular flexibility index (Phi) is 3.53. The summed E-state index contributed by atoms with van der Waals surface area (Å²) in [7, 11) is -3.12. The van der Waals surface area contributed by atoms with E-state index in [1.165, 1.54) is 0 Å². The van der Waals surface area contributed by atoms with E-state index in [-0.39, 0.29) is 18.9 Å². The first-order chi connectivity index (χ1) is 5.66. The molecule has 1 unspecified atom stereocenters. The van der Waals surface area contributed by atoms with Gasteiger partial charge in [0.15, 0.2) is 0 Å². The lowest BCUT2D eigenvalue weighted by molar-refractivity contribution is -0.121. The highest BCUT2D eigenvalue weighted by atomic mass is 35.5. The Morgan fingerprint density at radius 3 is 3.08 bits per heavy atom. The molecule has 1 rings (SSSR count). The Balaban J connectivity index is 2.46. The summed E-state index contributed by atoms with van der Waals surface area (Å²) in [4.78, 5) is 10.8. The molecule has 0 bridgehead atoms. The van der Waals surface area contributed by atoms with Crippen LogP contribution >= 0.6 is 19.3 Å². The topological polar surface area (TPSA) is 67.4 Å². The Bertz CT molecular complexity index is 223. The van der Waals surface area contributed by atoms with Gasteiger partial charge in [-0.05, 0) is 0 Å². The number of halogens is 1. The molecule has 7 heteroatoms. The SMILES string of the molecule is O=C1CCOP(=O)(NCCCl)N1. The van der Waals surface area contributed by atoms with Crippen LogP contribution in [0.5, 0.6) is 0 Å². The van der Waals surface area contributed by atoms with Crippen molar-refractivity contribution >= 4 is 25.2 Å². The number of nitrogens with one attached hydrogen (secondary N) is 2. The molecule has 1 aliphatic heterocycles. The zero-order valence-corrected chi connectivity index (χ0v) is 8.03. The van der Waals surface area contributed by atoms with Gasteiger partial charge in [0.05, 0.1) is 13.0 Å². The van der Waals surface area contributed by atoms with Crippen molar-refractivity contribution in [1.82, 2.24) is 10.2 Å². The lowest BCUT2D eigenvalue weighted by atomic mass is 10.4. The van der Waals surface area contributed by atoms with Gasteiger partial charge in [-0.3, -0.25) is 9.88 Å². The van der Waals surface area contributed by atoms with Crippen molar-refractivity contribution in [3.05, 3.63) is 0 Å². The predicted octanol–water partition coefficient (Wildman–Crippen LogP) is 0.459. The Morgan fingerprint density at radius 1 is 1.75 bits per heavy atom. The van der Waals surface area contributed by atoms with Crippen molar-refractivity contribution in [2.75, 3.05) is 19.0 Å². The summed E-state index contributed by atoms with van der Waals surface area (Å²) in [6.07, 6.45) is 0.256. The van der Waals surface area contributed by atoms with Crippen LogP contribution in [0.3, 0.4) is 0 Å². The quantitative estimate of drug-likeness (QED) is 0.527. The van der Waals surface area contributed by atoms with Crippen LogP contribution in [0.1, 0.15) is 6.42 Å². The average Bonchev–Trinajstić information content (AvgIpc) is 2.01. The summed E-state index contributed by atoms with van der Waals surface area (Å²) in [5.41, 5.74) is 0. The maximum absolute atomic E-state index is 11.5. The second kappa shape index (κ2) is 4.23. The molecule has 1 saturated heterocycles. The molecule has 1 amide bonds. The van der Waals surface area contributed by atoms with Crippen LogP contribution in [0.15, 0.2) is 0 Å². The third-order valence-corrected chi connectivity index (χ3v) is 3.21. The van der Waals surface area contributed by atoms with Gasteiger partial charge in [-0.25, -0.2) is 9.65 Å². The Labute approximate surface area is 75.4 Å². The van der Waals surface area contributed by atoms with Gasteiger partial charge in [0.2, 0.25) is 5.91 Å². The molecule has 5 nitrogen and oxygen atoms in total. The Hall–Kier alpha value is -0.0900. The van der Waals surface area contributed by atoms with Crippen molar-refractivity contribution in [3.63, 3.8) is 0 Å². The molecule has 1 atom stereocenters. The van der Waals surface area contributed by atoms with Gasteiger partial charge in [-0.15, -0.1) is 11.6 Å². The van der Waals surface area contributed by atoms with E-state index in [0.717, 1.165) is 0 Å². The molecule has 0 aromatic rings. The molecule has 0 saturated carbocycles. The van der Waals surface area contributed by atoms with Crippen molar-refractivity contribution in [1.29, 1.82) is 0 Å². The highest BCUT2D eigenvalue weighted by Crippen LogP contribution is 2.39. The normalized spacial score (nSPS) is 29.9. The molecule has 70 valence electrons. The van der Waals surface area contributed by atoms with E-state index in [9.17, 15) is 9.36 Å². The molecular weight excluding hydrogens is 202 g/mol. The Morgan fingerprint density at radius 2 is 2.50 bits per heavy atom. The van der Waals surface area contributed by atoms with Crippen LogP contribution in [0.2, 0.25) is 0 Å². The van der Waals surface area contributed by atoms with Gasteiger partial charge in [0, 0.05) is 12.4 Å². The molecule has 0 aliphatic carbocycles. The summed E-state index contributed by atoms with van der Waals surface area (Å²) in [5.74, 6) is 0.0649. The molecule has 0 aromatic carbocycles. The van der Waals surface area contributed by atoms with Crippen molar-refractivity contribution in [2.24, 2.45) is 0 Å². The number of hydrogen-bond donors (Lipinski definition) is 2. The number of carbonyl (C=O) groups is 1. The van der Waals surface area contributed by atoms with Crippen LogP contribution in [0.25, 0.3) is 0 Å². The number of rotatable bonds is 3. The van der Waals surface area contributed by atoms with Gasteiger partial charge in [0.1, 0.15) is 0 Å². The molecule has 1 aliphatic rings. The van der Waals surface area contributed by atoms with Crippen LogP contribution in [0.4, 0.5) is 0 Å². The number of carbonyl (C=O) groups excluding carboxylic acids is 1. The highest BCUT2D eigenvalue weighted by molar-refractivity contribution is 7.55. The van der Waals surface area contributed by atoms with E-state index in [2.05, 4.69) is 10.2 Å². The molecule has 2 N–H and O–H groups in total. The van der Waals surface area contributed by atoms with Crippen molar-refractivity contribution in [2.45, 2.75) is 6.42 Å². The smallest absolute Gasteiger partial charge is 0.301 e. The molecular formula is C5H10ClN2O3P. The molecule has 0 spiro atoms. The molecule has 0 aromatic heterocycles. The molecule has 1 fully saturated rings. The van der Waals surface area contributed by atoms with Crippen LogP contribution in [-0.2, 0) is 13.9 Å². The maximum Gasteiger partial charge on any atom is 0.368 e. The van der Waals surface area contributed by atoms with Gasteiger partial charge >= 0.3 is 7.67 Å². The maximum atomic E-state index is 11.5. The van der Waals surface area contributed by atoms with Crippen LogP contribution in [-0.4, -0.2) is 24.9 Å². The second-order valence-corrected chi connectivity index (χ2v) is 4.55. The minimum atomic E-state index is -3.12. The first kappa shape index (κ1) is 9.99. The van der Waals surface area contributed by atoms with E-state index in [1.807, 2.05) is 0 Å². The first-order valence-corrected chi connectivity index (χ1v) is 5.69. The van der Waals surface area contributed by atoms with E-state index < -0.39 is 7.67 Å². The minimum absolute atomic E-state index is 0.193. The van der Waals surface area contributed by atoms with Crippen molar-refractivity contribution < 1.29 is 13.9 Å². The van der Waals surface area contributed by atoms with E-state index in [4.69, 9.17) is 16.1 Å². The van der Waals surface area contributed by atoms with E-state index in [0.29, 0.717) is 12.4 Å². The highest BCUT2D eigenvalue weighted by Gasteiger charge is 2.29. The van der Waals surface area contributed by atoms with Crippen LogP contribution < -0.4 is 10.2 Å². The fourth-order valence-corrected chi connectivity index (χ4v) is 2.45. The van der Waals surface area contributed by atoms with Gasteiger partial charge in [-0.2, -0.15) is 0 Å². The fourth-order valence-electron chi connectivity index (χ4n) is 0.794. The number of hydrogen-bond acceptors (Lipinski definition) is 3. The van der Waals surface area contributed by atoms with Crippen molar-refractivity contribution in [3.8, 4) is 0 Å². The molecule has 1 heterocycles. The van der Waals surface area contributed by atoms with Gasteiger partial charge in [-0.1, -0.05) is 0 Å². The minimum Gasteiger partial charge on any atom is -0.301 e. The summed E-state index contributed by atoms with van der Waals surface area (Å²) in [6, 6.07) is 0. The zero-order chi connectivity index (χ0) is 9.03. The first-order valence-electron chi connectivity index (χ1n) is 3.53. The van der Waals surface area contributed by atoms with E-state index >= 15 is 0 Å². The van der Waals surface area contributed by atoms with Gasteiger partial charge in [0.25, 0.3) is 0 Å². The lowest BCUT2D eigenvalue weighted by Gasteiger charge is -2.23. The zero-order valence-electron chi connectivity index (χ0n) is 6.38. The summed E-state index contributed by atoms with van der Waals surface area (Å²) >= 11 is 5.37. The third kappa shape index (κ3) is 2.75. The number of alkyl halides is 1. The average molecular weight is 213 g/mol. The standard InChI is InChI=1S/C5H10ClN2O3P/c6-2-3-7-12(10)8-5(9)1-4-11-12/h1-4H2,(H2,7,8,9,10). The van der Waals surface area contributed by atoms with E-state index in [1.54, 1.807) is 0 Å². The summed E-state index contributed by atoms with van der Waals surface area (Å²) in [6.45, 7) is 0.539. The lowest BCUT2D eigenvalue weighted by Crippen LogP contribution is -2.34. The molecule has 12 heavy (non-hydrogen) atoms. The van der Waals surface area contributed by atoms with Gasteiger partial charge < -0.3 is 4.52 Å². The largest absolute Gasteiger partial charge is 0.368 e. The predicted molar refractivity (Wildman–Crippen MR) is 45.0 cm³/mol. The monoisotopic (exact) mass is 212 g/mol. The fraction of sp³-hybridized carbons (Fsp3) is 0.800. The second-order valence-electron chi connectivity index (χ2n) is 2.27. The summed E-state index contributed by atoms with van der Waals surface area (Å²) in [5, 5.41) is 4.80. The third-order valence-electron chi connectivity index (χ3n) is 1.29. The molecule has 0 radical (unpaired) electrons. The number of amides is 1. The van der Waals surface area contributed by atoms with Crippen LogP contribution in [0, 0.1) is 0 Å². The summed E-state index contributed by atoms with van der Waals surface area (Å²) < 4.78 is 16.4.